The van der Waals surface area contributed by atoms with Crippen LogP contribution in [0.25, 0.3) is 0 Å². The highest BCUT2D eigenvalue weighted by Crippen LogP contribution is 2.22. The number of ether oxygens (including phenoxy) is 1. The number of piperidine rings is 1. The number of hydrogen-bond acceptors (Lipinski definition) is 9. The molecular formula is C25H26N8O3. The molecule has 0 aliphatic carbocycles. The molecule has 11 heteroatoms. The van der Waals surface area contributed by atoms with Crippen LogP contribution in [0.1, 0.15) is 46.2 Å². The van der Waals surface area contributed by atoms with E-state index in [9.17, 15) is 9.59 Å². The average Bonchev–Trinajstić information content (AvgIpc) is 2.89. The van der Waals surface area contributed by atoms with Gasteiger partial charge in [-0.05, 0) is 68.3 Å². The standard InChI is InChI=1S/C25H26N8O3/c1-2-36-20-11-7-17(8-12-20)24(35)29-19-4-3-13-33(15-19)25-30-23(21(22(27)34)31-32-25)28-18-9-5-16(14-26)6-10-18/h5-12,19H,2-4,13,15H2,1H3,(H2,27,34)(H,29,35)(H,28,30,32). The largest absolute Gasteiger partial charge is 0.494 e. The number of benzene rings is 2. The summed E-state index contributed by atoms with van der Waals surface area (Å²) in [6.45, 7) is 3.62. The fraction of sp³-hybridized carbons (Fsp3) is 0.280. The summed E-state index contributed by atoms with van der Waals surface area (Å²) >= 11 is 0. The molecule has 1 aromatic heterocycles. The zero-order chi connectivity index (χ0) is 25.5. The summed E-state index contributed by atoms with van der Waals surface area (Å²) in [4.78, 5) is 31.1. The molecule has 2 aromatic carbocycles. The minimum absolute atomic E-state index is 0.0968. The van der Waals surface area contributed by atoms with Gasteiger partial charge in [0.15, 0.2) is 11.5 Å². The Morgan fingerprint density at radius 1 is 1.17 bits per heavy atom. The molecule has 1 aliphatic rings. The Labute approximate surface area is 208 Å². The zero-order valence-corrected chi connectivity index (χ0v) is 19.8. The van der Waals surface area contributed by atoms with Crippen LogP contribution >= 0.6 is 0 Å². The molecule has 184 valence electrons. The van der Waals surface area contributed by atoms with Crippen molar-refractivity contribution in [1.29, 1.82) is 5.26 Å². The minimum Gasteiger partial charge on any atom is -0.494 e. The lowest BCUT2D eigenvalue weighted by Crippen LogP contribution is -2.48. The van der Waals surface area contributed by atoms with Crippen molar-refractivity contribution in [2.24, 2.45) is 5.73 Å². The van der Waals surface area contributed by atoms with Crippen molar-refractivity contribution in [2.75, 3.05) is 29.9 Å². The number of amides is 2. The average molecular weight is 487 g/mol. The number of carbonyl (C=O) groups is 2. The summed E-state index contributed by atoms with van der Waals surface area (Å²) in [6.07, 6.45) is 1.62. The summed E-state index contributed by atoms with van der Waals surface area (Å²) in [5.74, 6) is 0.259. The number of nitrogens with two attached hydrogens (primary N) is 1. The van der Waals surface area contributed by atoms with Crippen molar-refractivity contribution in [3.8, 4) is 11.8 Å². The Morgan fingerprint density at radius 3 is 2.58 bits per heavy atom. The zero-order valence-electron chi connectivity index (χ0n) is 19.8. The van der Waals surface area contributed by atoms with E-state index in [4.69, 9.17) is 15.7 Å². The molecule has 4 rings (SSSR count). The molecule has 1 aliphatic heterocycles. The quantitative estimate of drug-likeness (QED) is 0.434. The van der Waals surface area contributed by atoms with E-state index >= 15 is 0 Å². The van der Waals surface area contributed by atoms with Crippen LogP contribution in [-0.2, 0) is 0 Å². The van der Waals surface area contributed by atoms with Crippen LogP contribution in [0.5, 0.6) is 5.75 Å². The van der Waals surface area contributed by atoms with E-state index in [2.05, 4.69) is 31.9 Å². The second kappa shape index (κ2) is 11.1. The minimum atomic E-state index is -0.767. The first-order valence-corrected chi connectivity index (χ1v) is 11.6. The molecule has 3 aromatic rings. The molecule has 11 nitrogen and oxygen atoms in total. The predicted molar refractivity (Wildman–Crippen MR) is 133 cm³/mol. The van der Waals surface area contributed by atoms with Gasteiger partial charge in [0.25, 0.3) is 11.8 Å². The first-order valence-electron chi connectivity index (χ1n) is 11.6. The van der Waals surface area contributed by atoms with Gasteiger partial charge in [-0.3, -0.25) is 9.59 Å². The van der Waals surface area contributed by atoms with E-state index in [1.54, 1.807) is 48.5 Å². The molecule has 2 amide bonds. The number of nitriles is 1. The molecule has 4 N–H and O–H groups in total. The topological polar surface area (TPSA) is 159 Å². The monoisotopic (exact) mass is 486 g/mol. The number of primary amides is 1. The second-order valence-corrected chi connectivity index (χ2v) is 8.20. The maximum Gasteiger partial charge on any atom is 0.273 e. The third-order valence-corrected chi connectivity index (χ3v) is 5.65. The molecule has 0 radical (unpaired) electrons. The van der Waals surface area contributed by atoms with Gasteiger partial charge in [0, 0.05) is 30.4 Å². The van der Waals surface area contributed by atoms with Crippen LogP contribution in [0, 0.1) is 11.3 Å². The number of rotatable bonds is 8. The molecule has 0 bridgehead atoms. The summed E-state index contributed by atoms with van der Waals surface area (Å²) < 4.78 is 5.43. The molecule has 1 fully saturated rings. The molecule has 0 saturated carbocycles. The molecule has 1 saturated heterocycles. The maximum atomic E-state index is 12.8. The Balaban J connectivity index is 1.47. The van der Waals surface area contributed by atoms with Crippen LogP contribution in [0.4, 0.5) is 17.5 Å². The van der Waals surface area contributed by atoms with Gasteiger partial charge in [0.1, 0.15) is 5.75 Å². The molecular weight excluding hydrogens is 460 g/mol. The van der Waals surface area contributed by atoms with Gasteiger partial charge in [-0.1, -0.05) is 0 Å². The number of hydrogen-bond donors (Lipinski definition) is 3. The van der Waals surface area contributed by atoms with Gasteiger partial charge in [-0.2, -0.15) is 10.2 Å². The van der Waals surface area contributed by atoms with E-state index in [-0.39, 0.29) is 23.5 Å². The first kappa shape index (κ1) is 24.4. The number of aromatic nitrogens is 3. The Kier molecular flexibility index (Phi) is 7.55. The maximum absolute atomic E-state index is 12.8. The summed E-state index contributed by atoms with van der Waals surface area (Å²) in [5, 5.41) is 23.2. The Hall–Kier alpha value is -4.72. The fourth-order valence-electron chi connectivity index (χ4n) is 3.88. The number of nitrogens with one attached hydrogen (secondary N) is 2. The van der Waals surface area contributed by atoms with Gasteiger partial charge in [-0.15, -0.1) is 10.2 Å². The molecule has 2 heterocycles. The van der Waals surface area contributed by atoms with Crippen LogP contribution < -0.4 is 26.0 Å². The first-order chi connectivity index (χ1) is 17.5. The van der Waals surface area contributed by atoms with Crippen LogP contribution in [0.2, 0.25) is 0 Å². The Bertz CT molecular complexity index is 1270. The van der Waals surface area contributed by atoms with E-state index in [1.807, 2.05) is 11.8 Å². The van der Waals surface area contributed by atoms with E-state index in [1.165, 1.54) is 0 Å². The molecule has 36 heavy (non-hydrogen) atoms. The van der Waals surface area contributed by atoms with Crippen LogP contribution in [0.3, 0.4) is 0 Å². The van der Waals surface area contributed by atoms with Crippen molar-refractivity contribution in [2.45, 2.75) is 25.8 Å². The predicted octanol–water partition coefficient (Wildman–Crippen LogP) is 2.38. The van der Waals surface area contributed by atoms with Gasteiger partial charge in [0.05, 0.1) is 18.2 Å². The number of nitrogens with zero attached hydrogens (tertiary/aromatic N) is 5. The van der Waals surface area contributed by atoms with Crippen molar-refractivity contribution < 1.29 is 14.3 Å². The lowest BCUT2D eigenvalue weighted by Gasteiger charge is -2.33. The summed E-state index contributed by atoms with van der Waals surface area (Å²) in [5.41, 5.74) is 7.04. The van der Waals surface area contributed by atoms with Crippen LogP contribution in [-0.4, -0.2) is 52.7 Å². The lowest BCUT2D eigenvalue weighted by molar-refractivity contribution is 0.0931. The number of anilines is 3. The normalized spacial score (nSPS) is 15.0. The smallest absolute Gasteiger partial charge is 0.273 e. The second-order valence-electron chi connectivity index (χ2n) is 8.20. The lowest BCUT2D eigenvalue weighted by atomic mass is 10.1. The molecule has 1 unspecified atom stereocenters. The van der Waals surface area contributed by atoms with Crippen molar-refractivity contribution in [3.05, 3.63) is 65.4 Å². The van der Waals surface area contributed by atoms with Gasteiger partial charge >= 0.3 is 0 Å². The number of carbonyl (C=O) groups excluding carboxylic acids is 2. The SMILES string of the molecule is CCOc1ccc(C(=O)NC2CCCN(c3nnc(C(N)=O)c(Nc4ccc(C#N)cc4)n3)C2)cc1. The van der Waals surface area contributed by atoms with Crippen molar-refractivity contribution >= 4 is 29.3 Å². The summed E-state index contributed by atoms with van der Waals surface area (Å²) in [6, 6.07) is 15.6. The van der Waals surface area contributed by atoms with Crippen molar-refractivity contribution in [1.82, 2.24) is 20.5 Å². The highest BCUT2D eigenvalue weighted by Gasteiger charge is 2.25. The van der Waals surface area contributed by atoms with E-state index in [0.717, 1.165) is 12.8 Å². The Morgan fingerprint density at radius 2 is 1.92 bits per heavy atom. The highest BCUT2D eigenvalue weighted by atomic mass is 16.5. The van der Waals surface area contributed by atoms with E-state index in [0.29, 0.717) is 48.2 Å². The van der Waals surface area contributed by atoms with Gasteiger partial charge < -0.3 is 26.0 Å². The third kappa shape index (κ3) is 5.85. The third-order valence-electron chi connectivity index (χ3n) is 5.65. The highest BCUT2D eigenvalue weighted by molar-refractivity contribution is 5.96. The van der Waals surface area contributed by atoms with Crippen molar-refractivity contribution in [3.63, 3.8) is 0 Å². The van der Waals surface area contributed by atoms with Gasteiger partial charge in [0.2, 0.25) is 5.95 Å². The van der Waals surface area contributed by atoms with E-state index < -0.39 is 5.91 Å². The fourth-order valence-corrected chi connectivity index (χ4v) is 3.88. The van der Waals surface area contributed by atoms with Crippen LogP contribution in [0.15, 0.2) is 48.5 Å². The molecule has 0 spiro atoms. The molecule has 1 atom stereocenters. The van der Waals surface area contributed by atoms with Gasteiger partial charge in [-0.25, -0.2) is 0 Å². The summed E-state index contributed by atoms with van der Waals surface area (Å²) in [7, 11) is 0.